The van der Waals surface area contributed by atoms with Gasteiger partial charge in [-0.2, -0.15) is 0 Å². The molecule has 0 unspecified atom stereocenters. The third-order valence-corrected chi connectivity index (χ3v) is 2.24. The lowest BCUT2D eigenvalue weighted by Gasteiger charge is -2.08. The van der Waals surface area contributed by atoms with E-state index in [2.05, 4.69) is 0 Å². The minimum absolute atomic E-state index is 0.00733. The number of aryl methyl sites for hydroxylation is 1. The number of carboxylic acid groups (broad SMARTS) is 1. The number of nitrogens with zero attached hydrogens (tertiary/aromatic N) is 1. The fourth-order valence-electron chi connectivity index (χ4n) is 1.45. The van der Waals surface area contributed by atoms with E-state index in [4.69, 9.17) is 9.84 Å². The summed E-state index contributed by atoms with van der Waals surface area (Å²) in [6, 6.07) is 2.57. The number of carbonyl (C=O) groups is 1. The van der Waals surface area contributed by atoms with Crippen LogP contribution in [-0.4, -0.2) is 27.7 Å². The standard InChI is InChI=1S/C11H13NO6/c1-2-18-9-6-7(3-4-10(13)14)5-8(11(9)15)12(16)17/h5-6,15H,2-4H2,1H3,(H,13,14). The lowest BCUT2D eigenvalue weighted by Crippen LogP contribution is -2.00. The lowest BCUT2D eigenvalue weighted by atomic mass is 10.1. The van der Waals surface area contributed by atoms with Crippen molar-refractivity contribution >= 4 is 11.7 Å². The summed E-state index contributed by atoms with van der Waals surface area (Å²) < 4.78 is 5.07. The molecule has 7 heteroatoms. The molecule has 0 spiro atoms. The first kappa shape index (κ1) is 13.8. The van der Waals surface area contributed by atoms with Gasteiger partial charge < -0.3 is 14.9 Å². The molecular formula is C11H13NO6. The molecule has 0 saturated carbocycles. The van der Waals surface area contributed by atoms with Crippen molar-refractivity contribution in [1.29, 1.82) is 0 Å². The SMILES string of the molecule is CCOc1cc(CCC(=O)O)cc([N+](=O)[O-])c1O. The van der Waals surface area contributed by atoms with Crippen molar-refractivity contribution in [3.63, 3.8) is 0 Å². The number of hydrogen-bond donors (Lipinski definition) is 2. The normalized spacial score (nSPS) is 10.1. The van der Waals surface area contributed by atoms with E-state index in [1.54, 1.807) is 6.92 Å². The van der Waals surface area contributed by atoms with Crippen molar-refractivity contribution in [2.75, 3.05) is 6.61 Å². The first-order chi connectivity index (χ1) is 8.45. The first-order valence-electron chi connectivity index (χ1n) is 5.30. The van der Waals surface area contributed by atoms with Crippen molar-refractivity contribution in [1.82, 2.24) is 0 Å². The average Bonchev–Trinajstić information content (AvgIpc) is 2.29. The highest BCUT2D eigenvalue weighted by Crippen LogP contribution is 2.37. The van der Waals surface area contributed by atoms with Gasteiger partial charge in [-0.3, -0.25) is 14.9 Å². The maximum Gasteiger partial charge on any atom is 0.314 e. The van der Waals surface area contributed by atoms with Crippen LogP contribution < -0.4 is 4.74 Å². The number of aliphatic carboxylic acids is 1. The second-order valence-corrected chi connectivity index (χ2v) is 3.55. The minimum Gasteiger partial charge on any atom is -0.500 e. The Hall–Kier alpha value is -2.31. The number of benzene rings is 1. The zero-order valence-electron chi connectivity index (χ0n) is 9.75. The monoisotopic (exact) mass is 255 g/mol. The zero-order chi connectivity index (χ0) is 13.7. The smallest absolute Gasteiger partial charge is 0.314 e. The molecule has 7 nitrogen and oxygen atoms in total. The number of aromatic hydroxyl groups is 1. The maximum atomic E-state index is 10.7. The fourth-order valence-corrected chi connectivity index (χ4v) is 1.45. The molecule has 0 fully saturated rings. The number of carboxylic acids is 1. The van der Waals surface area contributed by atoms with Gasteiger partial charge in [0.2, 0.25) is 5.75 Å². The molecule has 98 valence electrons. The summed E-state index contributed by atoms with van der Waals surface area (Å²) in [5, 5.41) is 28.9. The van der Waals surface area contributed by atoms with E-state index < -0.39 is 22.3 Å². The highest BCUT2D eigenvalue weighted by atomic mass is 16.6. The van der Waals surface area contributed by atoms with E-state index in [0.29, 0.717) is 5.56 Å². The van der Waals surface area contributed by atoms with Gasteiger partial charge in [0.25, 0.3) is 0 Å². The van der Waals surface area contributed by atoms with Gasteiger partial charge in [0, 0.05) is 12.5 Å². The molecule has 0 atom stereocenters. The van der Waals surface area contributed by atoms with Crippen LogP contribution in [0.15, 0.2) is 12.1 Å². The van der Waals surface area contributed by atoms with Gasteiger partial charge in [-0.15, -0.1) is 0 Å². The summed E-state index contributed by atoms with van der Waals surface area (Å²) in [7, 11) is 0. The molecule has 0 aromatic heterocycles. The minimum atomic E-state index is -0.997. The molecule has 18 heavy (non-hydrogen) atoms. The van der Waals surface area contributed by atoms with Gasteiger partial charge in [-0.05, 0) is 25.0 Å². The van der Waals surface area contributed by atoms with Crippen LogP contribution >= 0.6 is 0 Å². The summed E-state index contributed by atoms with van der Waals surface area (Å²) in [6.45, 7) is 1.92. The summed E-state index contributed by atoms with van der Waals surface area (Å²) in [6.07, 6.45) is -0.00990. The molecular weight excluding hydrogens is 242 g/mol. The van der Waals surface area contributed by atoms with Crippen LogP contribution in [-0.2, 0) is 11.2 Å². The van der Waals surface area contributed by atoms with Crippen LogP contribution in [0, 0.1) is 10.1 Å². The number of ether oxygens (including phenoxy) is 1. The average molecular weight is 255 g/mol. The molecule has 1 rings (SSSR count). The van der Waals surface area contributed by atoms with Gasteiger partial charge in [0.05, 0.1) is 11.5 Å². The summed E-state index contributed by atoms with van der Waals surface area (Å²) in [5.41, 5.74) is -0.0494. The Balaban J connectivity index is 3.11. The Morgan fingerprint density at radius 1 is 1.50 bits per heavy atom. The largest absolute Gasteiger partial charge is 0.500 e. The molecule has 0 amide bonds. The second-order valence-electron chi connectivity index (χ2n) is 3.55. The van der Waals surface area contributed by atoms with Crippen LogP contribution in [0.2, 0.25) is 0 Å². The third-order valence-electron chi connectivity index (χ3n) is 2.24. The topological polar surface area (TPSA) is 110 Å². The van der Waals surface area contributed by atoms with E-state index in [1.165, 1.54) is 6.07 Å². The number of nitro groups is 1. The quantitative estimate of drug-likeness (QED) is 0.591. The molecule has 0 radical (unpaired) electrons. The van der Waals surface area contributed by atoms with Gasteiger partial charge >= 0.3 is 11.7 Å². The van der Waals surface area contributed by atoms with E-state index in [9.17, 15) is 20.0 Å². The maximum absolute atomic E-state index is 10.7. The van der Waals surface area contributed by atoms with E-state index in [-0.39, 0.29) is 25.2 Å². The molecule has 0 heterocycles. The summed E-state index contributed by atoms with van der Waals surface area (Å²) in [5.74, 6) is -1.54. The van der Waals surface area contributed by atoms with Crippen molar-refractivity contribution in [2.45, 2.75) is 19.8 Å². The second kappa shape index (κ2) is 5.85. The summed E-state index contributed by atoms with van der Waals surface area (Å²) in [4.78, 5) is 20.5. The molecule has 0 aliphatic heterocycles. The van der Waals surface area contributed by atoms with Gasteiger partial charge in [-0.1, -0.05) is 0 Å². The zero-order valence-corrected chi connectivity index (χ0v) is 9.75. The number of hydrogen-bond acceptors (Lipinski definition) is 5. The molecule has 1 aromatic carbocycles. The Bertz CT molecular complexity index is 471. The molecule has 0 saturated heterocycles. The number of nitro benzene ring substituents is 1. The van der Waals surface area contributed by atoms with Crippen LogP contribution in [0.25, 0.3) is 0 Å². The molecule has 1 aromatic rings. The van der Waals surface area contributed by atoms with Crippen molar-refractivity contribution in [3.05, 3.63) is 27.8 Å². The summed E-state index contributed by atoms with van der Waals surface area (Å²) >= 11 is 0. The highest BCUT2D eigenvalue weighted by molar-refractivity contribution is 5.67. The highest BCUT2D eigenvalue weighted by Gasteiger charge is 2.20. The van der Waals surface area contributed by atoms with E-state index in [0.717, 1.165) is 6.07 Å². The van der Waals surface area contributed by atoms with Crippen LogP contribution in [0.4, 0.5) is 5.69 Å². The first-order valence-corrected chi connectivity index (χ1v) is 5.30. The van der Waals surface area contributed by atoms with Gasteiger partial charge in [-0.25, -0.2) is 0 Å². The van der Waals surface area contributed by atoms with E-state index >= 15 is 0 Å². The molecule has 2 N–H and O–H groups in total. The van der Waals surface area contributed by atoms with Gasteiger partial charge in [0.1, 0.15) is 0 Å². The van der Waals surface area contributed by atoms with Gasteiger partial charge in [0.15, 0.2) is 5.75 Å². The predicted molar refractivity (Wildman–Crippen MR) is 61.9 cm³/mol. The molecule has 0 bridgehead atoms. The van der Waals surface area contributed by atoms with Crippen LogP contribution in [0.1, 0.15) is 18.9 Å². The van der Waals surface area contributed by atoms with Crippen LogP contribution in [0.3, 0.4) is 0 Å². The number of rotatable bonds is 6. The third kappa shape index (κ3) is 3.34. The number of phenolic OH excluding ortho intramolecular Hbond substituents is 1. The fraction of sp³-hybridized carbons (Fsp3) is 0.364. The van der Waals surface area contributed by atoms with Crippen molar-refractivity contribution < 1.29 is 24.7 Å². The lowest BCUT2D eigenvalue weighted by molar-refractivity contribution is -0.386. The Kier molecular flexibility index (Phi) is 4.47. The molecule has 0 aliphatic rings. The van der Waals surface area contributed by atoms with Crippen molar-refractivity contribution in [2.24, 2.45) is 0 Å². The predicted octanol–water partition coefficient (Wildman–Crippen LogP) is 1.72. The van der Waals surface area contributed by atoms with Crippen LogP contribution in [0.5, 0.6) is 11.5 Å². The number of phenols is 1. The van der Waals surface area contributed by atoms with E-state index in [1.807, 2.05) is 0 Å². The van der Waals surface area contributed by atoms with Crippen molar-refractivity contribution in [3.8, 4) is 11.5 Å². The Labute approximate surface area is 103 Å². The Morgan fingerprint density at radius 3 is 2.67 bits per heavy atom. The molecule has 0 aliphatic carbocycles. The Morgan fingerprint density at radius 2 is 2.17 bits per heavy atom.